The van der Waals surface area contributed by atoms with Gasteiger partial charge in [-0.25, -0.2) is 4.79 Å². The average molecular weight is 297 g/mol. The van der Waals surface area contributed by atoms with E-state index in [0.717, 1.165) is 25.7 Å². The molecule has 5 heteroatoms. The van der Waals surface area contributed by atoms with Crippen LogP contribution in [0.2, 0.25) is 0 Å². The van der Waals surface area contributed by atoms with Gasteiger partial charge >= 0.3 is 5.97 Å². The predicted molar refractivity (Wildman–Crippen MR) is 78.8 cm³/mol. The number of hydrogen-bond acceptors (Lipinski definition) is 3. The Morgan fingerprint density at radius 2 is 2.00 bits per heavy atom. The second-order valence-corrected chi connectivity index (χ2v) is 6.82. The van der Waals surface area contributed by atoms with Gasteiger partial charge in [0.2, 0.25) is 0 Å². The summed E-state index contributed by atoms with van der Waals surface area (Å²) in [5.74, 6) is -0.00914. The van der Waals surface area contributed by atoms with E-state index in [-0.39, 0.29) is 11.8 Å². The Kier molecular flexibility index (Phi) is 5.25. The minimum Gasteiger partial charge on any atom is -0.480 e. The molecule has 1 aliphatic heterocycles. The molecule has 5 nitrogen and oxygen atoms in total. The van der Waals surface area contributed by atoms with Gasteiger partial charge in [-0.15, -0.1) is 0 Å². The maximum absolute atomic E-state index is 12.5. The number of carbonyl (C=O) groups is 2. The fraction of sp³-hybridized carbons (Fsp3) is 0.875. The van der Waals surface area contributed by atoms with Crippen LogP contribution in [-0.4, -0.2) is 47.2 Å². The summed E-state index contributed by atoms with van der Waals surface area (Å²) >= 11 is 0. The van der Waals surface area contributed by atoms with Crippen molar-refractivity contribution < 1.29 is 19.4 Å². The maximum atomic E-state index is 12.5. The highest BCUT2D eigenvalue weighted by Crippen LogP contribution is 2.42. The van der Waals surface area contributed by atoms with Gasteiger partial charge in [-0.2, -0.15) is 0 Å². The van der Waals surface area contributed by atoms with Gasteiger partial charge in [0, 0.05) is 13.2 Å². The lowest BCUT2D eigenvalue weighted by Crippen LogP contribution is -2.47. The van der Waals surface area contributed by atoms with E-state index >= 15 is 0 Å². The predicted octanol–water partition coefficient (Wildman–Crippen LogP) is 2.15. The molecule has 2 fully saturated rings. The molecular weight excluding hydrogens is 270 g/mol. The summed E-state index contributed by atoms with van der Waals surface area (Å²) in [4.78, 5) is 25.6. The van der Waals surface area contributed by atoms with Crippen molar-refractivity contribution in [3.8, 4) is 0 Å². The molecular formula is C16H27NO4. The lowest BCUT2D eigenvalue weighted by Gasteiger charge is -2.27. The fourth-order valence-corrected chi connectivity index (χ4v) is 3.63. The van der Waals surface area contributed by atoms with E-state index in [0.29, 0.717) is 25.0 Å². The number of likely N-dealkylation sites (tertiary alicyclic amines) is 1. The molecule has 120 valence electrons. The minimum atomic E-state index is -0.868. The van der Waals surface area contributed by atoms with E-state index in [1.807, 2.05) is 0 Å². The molecule has 1 saturated heterocycles. The Balaban J connectivity index is 1.96. The van der Waals surface area contributed by atoms with Crippen LogP contribution in [0.5, 0.6) is 0 Å². The molecule has 2 rings (SSSR count). The number of amides is 1. The highest BCUT2D eigenvalue weighted by Gasteiger charge is 2.50. The number of carboxylic acids is 1. The van der Waals surface area contributed by atoms with Crippen LogP contribution in [0.25, 0.3) is 0 Å². The van der Waals surface area contributed by atoms with Crippen molar-refractivity contribution in [3.05, 3.63) is 0 Å². The lowest BCUT2D eigenvalue weighted by molar-refractivity contribution is -0.154. The van der Waals surface area contributed by atoms with Crippen LogP contribution < -0.4 is 0 Å². The highest BCUT2D eigenvalue weighted by atomic mass is 16.5. The molecule has 4 atom stereocenters. The third-order valence-corrected chi connectivity index (χ3v) is 4.84. The summed E-state index contributed by atoms with van der Waals surface area (Å²) in [6.07, 6.45) is 3.41. The lowest BCUT2D eigenvalue weighted by atomic mass is 9.94. The Morgan fingerprint density at radius 1 is 1.29 bits per heavy atom. The standard InChI is InChI=1S/C16H27NO4/c1-10(2)7-8-21-11(3)15(18)17-9-12-5-4-6-13(12)14(17)16(19)20/h10-14H,4-9H2,1-3H3,(H,19,20). The van der Waals surface area contributed by atoms with E-state index in [2.05, 4.69) is 13.8 Å². The summed E-state index contributed by atoms with van der Waals surface area (Å²) in [5, 5.41) is 9.48. The molecule has 0 aromatic heterocycles. The number of rotatable bonds is 6. The van der Waals surface area contributed by atoms with Crippen molar-refractivity contribution in [2.24, 2.45) is 17.8 Å². The first kappa shape index (κ1) is 16.3. The van der Waals surface area contributed by atoms with Gasteiger partial charge in [-0.05, 0) is 43.9 Å². The number of carbonyl (C=O) groups excluding carboxylic acids is 1. The molecule has 2 aliphatic rings. The summed E-state index contributed by atoms with van der Waals surface area (Å²) < 4.78 is 5.59. The van der Waals surface area contributed by atoms with Crippen LogP contribution >= 0.6 is 0 Å². The molecule has 1 aliphatic carbocycles. The van der Waals surface area contributed by atoms with Crippen LogP contribution in [0.1, 0.15) is 46.5 Å². The number of carboxylic acid groups (broad SMARTS) is 1. The van der Waals surface area contributed by atoms with Crippen molar-refractivity contribution in [1.29, 1.82) is 0 Å². The van der Waals surface area contributed by atoms with Crippen molar-refractivity contribution in [2.75, 3.05) is 13.2 Å². The molecule has 0 aromatic carbocycles. The molecule has 1 N–H and O–H groups in total. The van der Waals surface area contributed by atoms with Crippen molar-refractivity contribution >= 4 is 11.9 Å². The second-order valence-electron chi connectivity index (χ2n) is 6.82. The van der Waals surface area contributed by atoms with Crippen LogP contribution in [0.4, 0.5) is 0 Å². The molecule has 0 radical (unpaired) electrons. The van der Waals surface area contributed by atoms with Gasteiger partial charge in [0.1, 0.15) is 12.1 Å². The largest absolute Gasteiger partial charge is 0.480 e. The summed E-state index contributed by atoms with van der Waals surface area (Å²) in [6, 6.07) is -0.652. The van der Waals surface area contributed by atoms with Gasteiger partial charge < -0.3 is 14.7 Å². The SMILES string of the molecule is CC(C)CCOC(C)C(=O)N1CC2CCCC2C1C(=O)O. The molecule has 0 bridgehead atoms. The molecule has 1 heterocycles. The first-order chi connectivity index (χ1) is 9.91. The van der Waals surface area contributed by atoms with Gasteiger partial charge in [-0.3, -0.25) is 4.79 Å². The van der Waals surface area contributed by atoms with E-state index < -0.39 is 18.1 Å². The fourth-order valence-electron chi connectivity index (χ4n) is 3.63. The zero-order valence-corrected chi connectivity index (χ0v) is 13.2. The third-order valence-electron chi connectivity index (χ3n) is 4.84. The molecule has 1 amide bonds. The number of nitrogens with zero attached hydrogens (tertiary/aromatic N) is 1. The number of fused-ring (bicyclic) bond motifs is 1. The van der Waals surface area contributed by atoms with Gasteiger partial charge in [0.05, 0.1) is 0 Å². The molecule has 1 saturated carbocycles. The Labute approximate surface area is 126 Å². The van der Waals surface area contributed by atoms with Crippen molar-refractivity contribution in [2.45, 2.75) is 58.6 Å². The average Bonchev–Trinajstić information content (AvgIpc) is 2.96. The van der Waals surface area contributed by atoms with Gasteiger partial charge in [0.15, 0.2) is 0 Å². The van der Waals surface area contributed by atoms with Gasteiger partial charge in [-0.1, -0.05) is 20.3 Å². The first-order valence-corrected chi connectivity index (χ1v) is 8.06. The Hall–Kier alpha value is -1.10. The Bertz CT molecular complexity index is 396. The van der Waals surface area contributed by atoms with Crippen LogP contribution in [0.3, 0.4) is 0 Å². The van der Waals surface area contributed by atoms with Crippen molar-refractivity contribution in [3.63, 3.8) is 0 Å². The number of aliphatic carboxylic acids is 1. The summed E-state index contributed by atoms with van der Waals surface area (Å²) in [6.45, 7) is 7.08. The zero-order valence-electron chi connectivity index (χ0n) is 13.2. The smallest absolute Gasteiger partial charge is 0.326 e. The van der Waals surface area contributed by atoms with Gasteiger partial charge in [0.25, 0.3) is 5.91 Å². The minimum absolute atomic E-state index is 0.134. The molecule has 21 heavy (non-hydrogen) atoms. The number of hydrogen-bond donors (Lipinski definition) is 1. The zero-order chi connectivity index (χ0) is 15.6. The van der Waals surface area contributed by atoms with E-state index in [9.17, 15) is 14.7 Å². The topological polar surface area (TPSA) is 66.8 Å². The maximum Gasteiger partial charge on any atom is 0.326 e. The molecule has 0 aromatic rings. The van der Waals surface area contributed by atoms with Crippen LogP contribution in [0.15, 0.2) is 0 Å². The summed E-state index contributed by atoms with van der Waals surface area (Å²) in [7, 11) is 0. The van der Waals surface area contributed by atoms with E-state index in [1.54, 1.807) is 11.8 Å². The molecule has 4 unspecified atom stereocenters. The van der Waals surface area contributed by atoms with Crippen LogP contribution in [0, 0.1) is 17.8 Å². The molecule has 0 spiro atoms. The summed E-state index contributed by atoms with van der Waals surface area (Å²) in [5.41, 5.74) is 0. The Morgan fingerprint density at radius 3 is 2.62 bits per heavy atom. The number of ether oxygens (including phenoxy) is 1. The quantitative estimate of drug-likeness (QED) is 0.815. The third kappa shape index (κ3) is 3.57. The second kappa shape index (κ2) is 6.77. The van der Waals surface area contributed by atoms with Crippen molar-refractivity contribution in [1.82, 2.24) is 4.90 Å². The highest BCUT2D eigenvalue weighted by molar-refractivity contribution is 5.87. The first-order valence-electron chi connectivity index (χ1n) is 8.06. The van der Waals surface area contributed by atoms with E-state index in [1.165, 1.54) is 0 Å². The normalized spacial score (nSPS) is 29.7. The monoisotopic (exact) mass is 297 g/mol. The van der Waals surface area contributed by atoms with E-state index in [4.69, 9.17) is 4.74 Å². The van der Waals surface area contributed by atoms with Crippen LogP contribution in [-0.2, 0) is 14.3 Å².